The summed E-state index contributed by atoms with van der Waals surface area (Å²) >= 11 is 0. The number of benzene rings is 3. The Hall–Kier alpha value is -4.99. The maximum atomic E-state index is 13.3. The molecule has 3 aromatic carbocycles. The smallest absolute Gasteiger partial charge is 0.294 e. The maximum Gasteiger partial charge on any atom is 0.294 e. The first-order chi connectivity index (χ1) is 17.8. The number of nitrogens with one attached hydrogen (secondary N) is 1. The summed E-state index contributed by atoms with van der Waals surface area (Å²) in [5.41, 5.74) is 3.54. The molecule has 0 unspecified atom stereocenters. The van der Waals surface area contributed by atoms with Crippen molar-refractivity contribution in [2.24, 2.45) is 20.5 Å². The van der Waals surface area contributed by atoms with E-state index < -0.39 is 15.7 Å². The number of nitrogens with zero attached hydrogens (tertiary/aromatic N) is 6. The van der Waals surface area contributed by atoms with Crippen molar-refractivity contribution in [3.63, 3.8) is 0 Å². The molecule has 5 aromatic rings. The number of H-pyrrole nitrogens is 1. The standard InChI is InChI=1S/C25H17N7O4S/c1-15-20(14-26)24-27-21-4-2-3-5-22(21)32(24)25(33)23(15)31-30-17-8-6-16(7-9-17)28-29-18-10-12-19(13-11-18)37(34,35)36/h2-13,27H,1H3,(H,34,35,36). The number of para-hydroxylation sites is 2. The first-order valence-corrected chi connectivity index (χ1v) is 12.3. The van der Waals surface area contributed by atoms with Gasteiger partial charge in [-0.15, -0.1) is 5.11 Å². The van der Waals surface area contributed by atoms with Crippen LogP contribution in [-0.2, 0) is 10.1 Å². The van der Waals surface area contributed by atoms with Crippen LogP contribution in [0.1, 0.15) is 11.1 Å². The van der Waals surface area contributed by atoms with E-state index in [0.717, 1.165) is 5.52 Å². The minimum absolute atomic E-state index is 0.0657. The average molecular weight is 512 g/mol. The summed E-state index contributed by atoms with van der Waals surface area (Å²) in [4.78, 5) is 16.2. The van der Waals surface area contributed by atoms with E-state index in [1.807, 2.05) is 18.2 Å². The zero-order chi connectivity index (χ0) is 26.2. The van der Waals surface area contributed by atoms with E-state index >= 15 is 0 Å². The van der Waals surface area contributed by atoms with Crippen molar-refractivity contribution in [3.8, 4) is 6.07 Å². The average Bonchev–Trinajstić information content (AvgIpc) is 3.27. The van der Waals surface area contributed by atoms with Gasteiger partial charge in [-0.1, -0.05) is 12.1 Å². The molecule has 2 N–H and O–H groups in total. The van der Waals surface area contributed by atoms with E-state index in [0.29, 0.717) is 39.4 Å². The molecule has 0 aliphatic carbocycles. The van der Waals surface area contributed by atoms with Gasteiger partial charge in [0.1, 0.15) is 11.7 Å². The van der Waals surface area contributed by atoms with Gasteiger partial charge in [0.2, 0.25) is 0 Å². The summed E-state index contributed by atoms with van der Waals surface area (Å²) in [7, 11) is -4.27. The molecule has 37 heavy (non-hydrogen) atoms. The largest absolute Gasteiger partial charge is 0.338 e. The van der Waals surface area contributed by atoms with Gasteiger partial charge in [-0.3, -0.25) is 13.7 Å². The third-order valence-corrected chi connectivity index (χ3v) is 6.50. The van der Waals surface area contributed by atoms with Crippen LogP contribution in [0.15, 0.2) is 103 Å². The highest BCUT2D eigenvalue weighted by molar-refractivity contribution is 7.85. The summed E-state index contributed by atoms with van der Waals surface area (Å²) in [5.74, 6) is 0. The van der Waals surface area contributed by atoms with Gasteiger partial charge in [0.05, 0.1) is 38.6 Å². The van der Waals surface area contributed by atoms with Gasteiger partial charge < -0.3 is 4.98 Å². The Morgan fingerprint density at radius 1 is 0.865 bits per heavy atom. The number of imidazole rings is 1. The molecule has 0 radical (unpaired) electrons. The van der Waals surface area contributed by atoms with Gasteiger partial charge in [-0.25, -0.2) is 0 Å². The first kappa shape index (κ1) is 23.7. The fraction of sp³-hybridized carbons (Fsp3) is 0.0400. The Balaban J connectivity index is 1.43. The molecule has 2 heterocycles. The monoisotopic (exact) mass is 511 g/mol. The number of hydrogen-bond donors (Lipinski definition) is 2. The zero-order valence-electron chi connectivity index (χ0n) is 19.2. The van der Waals surface area contributed by atoms with Crippen LogP contribution in [0.5, 0.6) is 0 Å². The molecule has 0 saturated heterocycles. The molecule has 0 aliphatic heterocycles. The number of azo groups is 2. The predicted molar refractivity (Wildman–Crippen MR) is 136 cm³/mol. The Morgan fingerprint density at radius 2 is 1.41 bits per heavy atom. The fourth-order valence-corrected chi connectivity index (χ4v) is 4.25. The number of pyridine rings is 1. The van der Waals surface area contributed by atoms with Crippen molar-refractivity contribution in [2.45, 2.75) is 11.8 Å². The predicted octanol–water partition coefficient (Wildman–Crippen LogP) is 6.04. The van der Waals surface area contributed by atoms with Crippen molar-refractivity contribution >= 4 is 49.5 Å². The second kappa shape index (κ2) is 9.23. The van der Waals surface area contributed by atoms with Crippen LogP contribution in [0.4, 0.5) is 22.7 Å². The molecule has 12 heteroatoms. The van der Waals surface area contributed by atoms with E-state index in [1.54, 1.807) is 37.3 Å². The van der Waals surface area contributed by atoms with Crippen molar-refractivity contribution in [2.75, 3.05) is 0 Å². The number of fused-ring (bicyclic) bond motifs is 3. The van der Waals surface area contributed by atoms with Crippen molar-refractivity contribution in [3.05, 3.63) is 94.3 Å². The van der Waals surface area contributed by atoms with Gasteiger partial charge in [0, 0.05) is 5.56 Å². The molecular weight excluding hydrogens is 494 g/mol. The summed E-state index contributed by atoms with van der Waals surface area (Å²) < 4.78 is 32.7. The molecule has 5 rings (SSSR count). The van der Waals surface area contributed by atoms with E-state index in [-0.39, 0.29) is 10.6 Å². The van der Waals surface area contributed by atoms with Crippen LogP contribution in [-0.4, -0.2) is 22.4 Å². The SMILES string of the molecule is Cc1c(N=Nc2ccc(N=Nc3ccc(S(=O)(=O)O)cc3)cc2)c(=O)n2c([nH]c3ccccc32)c1C#N. The van der Waals surface area contributed by atoms with Gasteiger partial charge in [-0.2, -0.15) is 29.0 Å². The van der Waals surface area contributed by atoms with Crippen molar-refractivity contribution < 1.29 is 13.0 Å². The Bertz CT molecular complexity index is 1930. The van der Waals surface area contributed by atoms with Crippen molar-refractivity contribution in [1.82, 2.24) is 9.38 Å². The molecule has 0 spiro atoms. The zero-order valence-corrected chi connectivity index (χ0v) is 20.0. The maximum absolute atomic E-state index is 13.3. The molecule has 0 bridgehead atoms. The third-order valence-electron chi connectivity index (χ3n) is 5.64. The molecule has 0 aliphatic rings. The molecule has 0 saturated carbocycles. The number of hydrogen-bond acceptors (Lipinski definition) is 8. The molecule has 11 nitrogen and oxygen atoms in total. The highest BCUT2D eigenvalue weighted by Gasteiger charge is 2.18. The van der Waals surface area contributed by atoms with Crippen LogP contribution in [0.3, 0.4) is 0 Å². The Morgan fingerprint density at radius 3 is 1.97 bits per heavy atom. The second-order valence-electron chi connectivity index (χ2n) is 7.98. The third kappa shape index (κ3) is 4.52. The lowest BCUT2D eigenvalue weighted by Crippen LogP contribution is -2.14. The highest BCUT2D eigenvalue weighted by atomic mass is 32.2. The van der Waals surface area contributed by atoms with Crippen LogP contribution in [0.2, 0.25) is 0 Å². The fourth-order valence-electron chi connectivity index (χ4n) is 3.77. The molecule has 0 amide bonds. The van der Waals surface area contributed by atoms with Crippen LogP contribution >= 0.6 is 0 Å². The quantitative estimate of drug-likeness (QED) is 0.216. The van der Waals surface area contributed by atoms with Crippen LogP contribution in [0.25, 0.3) is 16.7 Å². The van der Waals surface area contributed by atoms with E-state index in [2.05, 4.69) is 31.5 Å². The lowest BCUT2D eigenvalue weighted by Gasteiger charge is -2.04. The molecule has 0 fully saturated rings. The second-order valence-corrected chi connectivity index (χ2v) is 9.40. The lowest BCUT2D eigenvalue weighted by molar-refractivity contribution is 0.483. The molecule has 2 aromatic heterocycles. The van der Waals surface area contributed by atoms with Crippen LogP contribution < -0.4 is 5.56 Å². The first-order valence-electron chi connectivity index (χ1n) is 10.8. The van der Waals surface area contributed by atoms with E-state index in [4.69, 9.17) is 4.55 Å². The van der Waals surface area contributed by atoms with E-state index in [9.17, 15) is 18.5 Å². The van der Waals surface area contributed by atoms with Gasteiger partial charge in [-0.05, 0) is 67.6 Å². The topological polar surface area (TPSA) is 165 Å². The van der Waals surface area contributed by atoms with Crippen LogP contribution in [0, 0.1) is 18.3 Å². The van der Waals surface area contributed by atoms with Gasteiger partial charge in [0.25, 0.3) is 15.7 Å². The van der Waals surface area contributed by atoms with Crippen molar-refractivity contribution in [1.29, 1.82) is 5.26 Å². The molecular formula is C25H17N7O4S. The van der Waals surface area contributed by atoms with Gasteiger partial charge in [0.15, 0.2) is 5.69 Å². The Labute approximate surface area is 209 Å². The summed E-state index contributed by atoms with van der Waals surface area (Å²) in [6, 6.07) is 21.3. The number of aromatic nitrogens is 2. The summed E-state index contributed by atoms with van der Waals surface area (Å²) in [5, 5.41) is 26.2. The summed E-state index contributed by atoms with van der Waals surface area (Å²) in [6.07, 6.45) is 0. The lowest BCUT2D eigenvalue weighted by atomic mass is 10.1. The van der Waals surface area contributed by atoms with E-state index in [1.165, 1.54) is 28.7 Å². The Kier molecular flexibility index (Phi) is 5.92. The highest BCUT2D eigenvalue weighted by Crippen LogP contribution is 2.27. The normalized spacial score (nSPS) is 12.1. The number of rotatable bonds is 5. The molecule has 182 valence electrons. The minimum Gasteiger partial charge on any atom is -0.338 e. The number of aromatic amines is 1. The summed E-state index contributed by atoms with van der Waals surface area (Å²) in [6.45, 7) is 1.66. The van der Waals surface area contributed by atoms with Gasteiger partial charge >= 0.3 is 0 Å². The molecule has 0 atom stereocenters. The minimum atomic E-state index is -4.27. The number of nitriles is 1.